The smallest absolute Gasteiger partial charge is 0.135 e. The van der Waals surface area contributed by atoms with Gasteiger partial charge in [-0.15, -0.1) is 0 Å². The van der Waals surface area contributed by atoms with Gasteiger partial charge in [-0.1, -0.05) is 23.2 Å². The predicted octanol–water partition coefficient (Wildman–Crippen LogP) is 4.63. The van der Waals surface area contributed by atoms with Crippen molar-refractivity contribution < 1.29 is 5.11 Å². The molecule has 0 saturated heterocycles. The van der Waals surface area contributed by atoms with E-state index in [1.165, 1.54) is 6.33 Å². The lowest BCUT2D eigenvalue weighted by Crippen LogP contribution is -2.35. The molecular weight excluding hydrogens is 347 g/mol. The van der Waals surface area contributed by atoms with E-state index in [4.69, 9.17) is 23.2 Å². The fourth-order valence-electron chi connectivity index (χ4n) is 2.82. The van der Waals surface area contributed by atoms with Crippen molar-refractivity contribution in [2.45, 2.75) is 44.2 Å². The minimum absolute atomic E-state index is 0.318. The van der Waals surface area contributed by atoms with Crippen LogP contribution in [0.1, 0.15) is 32.6 Å². The van der Waals surface area contributed by atoms with Crippen LogP contribution in [0, 0.1) is 0 Å². The summed E-state index contributed by atoms with van der Waals surface area (Å²) in [7, 11) is 0. The van der Waals surface area contributed by atoms with Crippen LogP contribution in [0.15, 0.2) is 30.6 Å². The van der Waals surface area contributed by atoms with Crippen LogP contribution in [-0.4, -0.2) is 26.7 Å². The first-order chi connectivity index (χ1) is 11.4. The molecule has 2 aromatic rings. The van der Waals surface area contributed by atoms with Crippen LogP contribution in [0.2, 0.25) is 10.0 Å². The molecule has 24 heavy (non-hydrogen) atoms. The highest BCUT2D eigenvalue weighted by atomic mass is 35.5. The van der Waals surface area contributed by atoms with Gasteiger partial charge in [-0.05, 0) is 50.8 Å². The van der Waals surface area contributed by atoms with Crippen molar-refractivity contribution in [2.24, 2.45) is 0 Å². The molecule has 3 rings (SSSR count). The highest BCUT2D eigenvalue weighted by Crippen LogP contribution is 2.30. The number of rotatable bonds is 4. The third-order valence-corrected chi connectivity index (χ3v) is 5.01. The van der Waals surface area contributed by atoms with E-state index in [9.17, 15) is 5.11 Å². The number of aliphatic hydroxyl groups is 1. The van der Waals surface area contributed by atoms with Crippen LogP contribution in [0.5, 0.6) is 0 Å². The van der Waals surface area contributed by atoms with Crippen molar-refractivity contribution in [1.82, 2.24) is 9.97 Å². The molecule has 0 bridgehead atoms. The largest absolute Gasteiger partial charge is 0.390 e. The van der Waals surface area contributed by atoms with E-state index in [2.05, 4.69) is 20.6 Å². The van der Waals surface area contributed by atoms with Crippen LogP contribution in [-0.2, 0) is 0 Å². The van der Waals surface area contributed by atoms with Crippen LogP contribution < -0.4 is 10.6 Å². The number of aromatic nitrogens is 2. The first kappa shape index (κ1) is 17.3. The molecule has 1 fully saturated rings. The molecule has 1 heterocycles. The number of nitrogens with zero attached hydrogens (tertiary/aromatic N) is 2. The van der Waals surface area contributed by atoms with Crippen LogP contribution in [0.4, 0.5) is 17.3 Å². The Morgan fingerprint density at radius 2 is 1.79 bits per heavy atom. The third-order valence-electron chi connectivity index (χ3n) is 4.27. The summed E-state index contributed by atoms with van der Waals surface area (Å²) in [5, 5.41) is 17.6. The average molecular weight is 367 g/mol. The van der Waals surface area contributed by atoms with E-state index in [0.29, 0.717) is 21.9 Å². The van der Waals surface area contributed by atoms with Gasteiger partial charge in [0.1, 0.15) is 18.0 Å². The summed E-state index contributed by atoms with van der Waals surface area (Å²) in [5.41, 5.74) is 0.271. The molecule has 1 saturated carbocycles. The van der Waals surface area contributed by atoms with Gasteiger partial charge in [0.15, 0.2) is 0 Å². The minimum atomic E-state index is -0.537. The molecule has 0 spiro atoms. The summed E-state index contributed by atoms with van der Waals surface area (Å²) >= 11 is 11.9. The predicted molar refractivity (Wildman–Crippen MR) is 98.3 cm³/mol. The summed E-state index contributed by atoms with van der Waals surface area (Å²) in [6.45, 7) is 1.90. The highest BCUT2D eigenvalue weighted by molar-refractivity contribution is 6.42. The standard InChI is InChI=1S/C17H20Cl2N4O/c1-17(24)6-4-11(5-7-17)22-15-9-16(21-10-20-15)23-12-2-3-13(18)14(19)8-12/h2-3,8-11,24H,4-7H2,1H3,(H2,20,21,22,23). The third kappa shape index (κ3) is 4.50. The first-order valence-electron chi connectivity index (χ1n) is 7.94. The Kier molecular flexibility index (Phi) is 5.13. The molecule has 0 amide bonds. The molecule has 0 unspecified atom stereocenters. The van der Waals surface area contributed by atoms with Gasteiger partial charge in [0.25, 0.3) is 0 Å². The molecule has 3 N–H and O–H groups in total. The van der Waals surface area contributed by atoms with E-state index in [1.54, 1.807) is 12.1 Å². The Hall–Kier alpha value is -1.56. The molecule has 1 aromatic heterocycles. The van der Waals surface area contributed by atoms with Gasteiger partial charge < -0.3 is 15.7 Å². The molecule has 0 radical (unpaired) electrons. The molecule has 1 aromatic carbocycles. The summed E-state index contributed by atoms with van der Waals surface area (Å²) in [4.78, 5) is 8.50. The second kappa shape index (κ2) is 7.13. The van der Waals surface area contributed by atoms with Crippen molar-refractivity contribution in [1.29, 1.82) is 0 Å². The molecular formula is C17H20Cl2N4O. The zero-order valence-electron chi connectivity index (χ0n) is 13.4. The Balaban J connectivity index is 1.65. The summed E-state index contributed by atoms with van der Waals surface area (Å²) < 4.78 is 0. The zero-order chi connectivity index (χ0) is 17.2. The molecule has 128 valence electrons. The molecule has 1 aliphatic carbocycles. The fourth-order valence-corrected chi connectivity index (χ4v) is 3.12. The van der Waals surface area contributed by atoms with Gasteiger partial charge in [0, 0.05) is 17.8 Å². The van der Waals surface area contributed by atoms with Gasteiger partial charge in [0.05, 0.1) is 15.6 Å². The van der Waals surface area contributed by atoms with Gasteiger partial charge in [-0.3, -0.25) is 0 Å². The first-order valence-corrected chi connectivity index (χ1v) is 8.70. The van der Waals surface area contributed by atoms with Crippen LogP contribution in [0.25, 0.3) is 0 Å². The minimum Gasteiger partial charge on any atom is -0.390 e. The van der Waals surface area contributed by atoms with Crippen molar-refractivity contribution in [3.05, 3.63) is 40.6 Å². The highest BCUT2D eigenvalue weighted by Gasteiger charge is 2.28. The monoisotopic (exact) mass is 366 g/mol. The van der Waals surface area contributed by atoms with E-state index >= 15 is 0 Å². The van der Waals surface area contributed by atoms with Gasteiger partial charge in [-0.2, -0.15) is 0 Å². The second-order valence-electron chi connectivity index (χ2n) is 6.46. The lowest BCUT2D eigenvalue weighted by atomic mass is 9.84. The molecule has 0 aliphatic heterocycles. The van der Waals surface area contributed by atoms with E-state index in [-0.39, 0.29) is 0 Å². The molecule has 5 nitrogen and oxygen atoms in total. The lowest BCUT2D eigenvalue weighted by Gasteiger charge is -2.33. The van der Waals surface area contributed by atoms with Crippen molar-refractivity contribution in [2.75, 3.05) is 10.6 Å². The van der Waals surface area contributed by atoms with Crippen molar-refractivity contribution in [3.8, 4) is 0 Å². The maximum Gasteiger partial charge on any atom is 0.135 e. The topological polar surface area (TPSA) is 70.1 Å². The molecule has 7 heteroatoms. The van der Waals surface area contributed by atoms with Crippen LogP contribution >= 0.6 is 23.2 Å². The second-order valence-corrected chi connectivity index (χ2v) is 7.27. The lowest BCUT2D eigenvalue weighted by molar-refractivity contribution is 0.0196. The molecule has 1 aliphatic rings. The number of hydrogen-bond acceptors (Lipinski definition) is 5. The maximum atomic E-state index is 10.0. The Bertz CT molecular complexity index is 713. The summed E-state index contributed by atoms with van der Waals surface area (Å²) in [5.74, 6) is 1.44. The zero-order valence-corrected chi connectivity index (χ0v) is 14.9. The number of hydrogen-bond donors (Lipinski definition) is 3. The van der Waals surface area contributed by atoms with Gasteiger partial charge >= 0.3 is 0 Å². The normalized spacial score (nSPS) is 23.8. The number of halogens is 2. The summed E-state index contributed by atoms with van der Waals surface area (Å²) in [6, 6.07) is 7.50. The van der Waals surface area contributed by atoms with Crippen LogP contribution in [0.3, 0.4) is 0 Å². The Morgan fingerprint density at radius 1 is 1.08 bits per heavy atom. The van der Waals surface area contributed by atoms with Gasteiger partial charge in [-0.25, -0.2) is 9.97 Å². The quantitative estimate of drug-likeness (QED) is 0.735. The number of benzene rings is 1. The van der Waals surface area contributed by atoms with Gasteiger partial charge in [0.2, 0.25) is 0 Å². The molecule has 0 atom stereocenters. The fraction of sp³-hybridized carbons (Fsp3) is 0.412. The number of nitrogens with one attached hydrogen (secondary N) is 2. The van der Waals surface area contributed by atoms with E-state index < -0.39 is 5.60 Å². The van der Waals surface area contributed by atoms with E-state index in [0.717, 1.165) is 37.2 Å². The summed E-state index contributed by atoms with van der Waals surface area (Å²) in [6.07, 6.45) is 4.95. The SMILES string of the molecule is CC1(O)CCC(Nc2cc(Nc3ccc(Cl)c(Cl)c3)ncn2)CC1. The van der Waals surface area contributed by atoms with Crippen molar-refractivity contribution in [3.63, 3.8) is 0 Å². The van der Waals surface area contributed by atoms with Crippen molar-refractivity contribution >= 4 is 40.5 Å². The maximum absolute atomic E-state index is 10.0. The Labute approximate surface area is 151 Å². The average Bonchev–Trinajstić information content (AvgIpc) is 2.54. The number of anilines is 3. The van der Waals surface area contributed by atoms with E-state index in [1.807, 2.05) is 19.1 Å². The Morgan fingerprint density at radius 3 is 2.50 bits per heavy atom.